The fourth-order valence-corrected chi connectivity index (χ4v) is 1.80. The zero-order chi connectivity index (χ0) is 9.10. The SMILES string of the molecule is Nc1nc(NCC2CCCC2)n[nH]1. The molecule has 1 saturated carbocycles. The summed E-state index contributed by atoms with van der Waals surface area (Å²) in [5.41, 5.74) is 5.39. The van der Waals surface area contributed by atoms with E-state index in [0.717, 1.165) is 12.5 Å². The van der Waals surface area contributed by atoms with Crippen molar-refractivity contribution in [1.82, 2.24) is 15.2 Å². The van der Waals surface area contributed by atoms with Crippen molar-refractivity contribution in [3.63, 3.8) is 0 Å². The fraction of sp³-hybridized carbons (Fsp3) is 0.750. The normalized spacial score (nSPS) is 17.8. The summed E-state index contributed by atoms with van der Waals surface area (Å²) < 4.78 is 0. The second-order valence-corrected chi connectivity index (χ2v) is 3.58. The molecule has 4 N–H and O–H groups in total. The molecule has 0 atom stereocenters. The van der Waals surface area contributed by atoms with E-state index in [9.17, 15) is 0 Å². The van der Waals surface area contributed by atoms with Crippen LogP contribution in [0, 0.1) is 5.92 Å². The van der Waals surface area contributed by atoms with Gasteiger partial charge >= 0.3 is 0 Å². The van der Waals surface area contributed by atoms with Crippen LogP contribution in [0.2, 0.25) is 0 Å². The van der Waals surface area contributed by atoms with Crippen molar-refractivity contribution in [3.05, 3.63) is 0 Å². The maximum absolute atomic E-state index is 5.39. The average Bonchev–Trinajstić information content (AvgIpc) is 2.71. The molecule has 1 fully saturated rings. The number of nitrogens with two attached hydrogens (primary N) is 1. The lowest BCUT2D eigenvalue weighted by molar-refractivity contribution is 0.578. The molecule has 1 aromatic rings. The van der Waals surface area contributed by atoms with E-state index in [2.05, 4.69) is 20.5 Å². The Morgan fingerprint density at radius 1 is 1.46 bits per heavy atom. The first-order valence-corrected chi connectivity index (χ1v) is 4.76. The molecule has 0 aliphatic heterocycles. The van der Waals surface area contributed by atoms with Crippen LogP contribution >= 0.6 is 0 Å². The molecule has 1 aromatic heterocycles. The zero-order valence-electron chi connectivity index (χ0n) is 7.58. The molecule has 1 heterocycles. The van der Waals surface area contributed by atoms with Gasteiger partial charge in [0.15, 0.2) is 0 Å². The molecule has 0 radical (unpaired) electrons. The summed E-state index contributed by atoms with van der Waals surface area (Å²) in [5.74, 6) is 1.78. The molecule has 1 aliphatic rings. The van der Waals surface area contributed by atoms with Gasteiger partial charge in [-0.2, -0.15) is 4.98 Å². The molecule has 0 bridgehead atoms. The maximum atomic E-state index is 5.39. The van der Waals surface area contributed by atoms with E-state index in [1.807, 2.05) is 0 Å². The van der Waals surface area contributed by atoms with Gasteiger partial charge in [-0.05, 0) is 18.8 Å². The van der Waals surface area contributed by atoms with Gasteiger partial charge in [-0.1, -0.05) is 12.8 Å². The van der Waals surface area contributed by atoms with E-state index < -0.39 is 0 Å². The smallest absolute Gasteiger partial charge is 0.243 e. The Bertz CT molecular complexity index is 263. The van der Waals surface area contributed by atoms with Gasteiger partial charge in [0.25, 0.3) is 0 Å². The van der Waals surface area contributed by atoms with Crippen LogP contribution < -0.4 is 11.1 Å². The number of H-pyrrole nitrogens is 1. The number of rotatable bonds is 3. The summed E-state index contributed by atoms with van der Waals surface area (Å²) >= 11 is 0. The van der Waals surface area contributed by atoms with E-state index >= 15 is 0 Å². The predicted molar refractivity (Wildman–Crippen MR) is 51.2 cm³/mol. The van der Waals surface area contributed by atoms with Gasteiger partial charge in [0.1, 0.15) is 0 Å². The van der Waals surface area contributed by atoms with Crippen LogP contribution in [0.4, 0.5) is 11.9 Å². The Morgan fingerprint density at radius 2 is 2.23 bits per heavy atom. The zero-order valence-corrected chi connectivity index (χ0v) is 7.58. The lowest BCUT2D eigenvalue weighted by atomic mass is 10.1. The number of nitrogen functional groups attached to an aromatic ring is 1. The van der Waals surface area contributed by atoms with Gasteiger partial charge in [0.05, 0.1) is 0 Å². The molecule has 13 heavy (non-hydrogen) atoms. The molecule has 0 unspecified atom stereocenters. The van der Waals surface area contributed by atoms with Crippen LogP contribution in [0.15, 0.2) is 0 Å². The molecule has 5 nitrogen and oxygen atoms in total. The number of nitrogens with zero attached hydrogens (tertiary/aromatic N) is 2. The highest BCUT2D eigenvalue weighted by atomic mass is 15.3. The Balaban J connectivity index is 1.78. The molecule has 2 rings (SSSR count). The minimum absolute atomic E-state index is 0.369. The van der Waals surface area contributed by atoms with Crippen molar-refractivity contribution in [1.29, 1.82) is 0 Å². The van der Waals surface area contributed by atoms with Crippen molar-refractivity contribution < 1.29 is 0 Å². The van der Waals surface area contributed by atoms with E-state index in [1.54, 1.807) is 0 Å². The highest BCUT2D eigenvalue weighted by Gasteiger charge is 2.14. The summed E-state index contributed by atoms with van der Waals surface area (Å²) in [5, 5.41) is 9.68. The van der Waals surface area contributed by atoms with Gasteiger partial charge < -0.3 is 11.1 Å². The number of aromatic amines is 1. The number of aromatic nitrogens is 3. The van der Waals surface area contributed by atoms with E-state index in [0.29, 0.717) is 11.9 Å². The minimum atomic E-state index is 0.369. The van der Waals surface area contributed by atoms with Crippen LogP contribution in [0.5, 0.6) is 0 Å². The largest absolute Gasteiger partial charge is 0.368 e. The fourth-order valence-electron chi connectivity index (χ4n) is 1.80. The summed E-state index contributed by atoms with van der Waals surface area (Å²) in [6.45, 7) is 0.970. The van der Waals surface area contributed by atoms with Crippen LogP contribution in [0.25, 0.3) is 0 Å². The maximum Gasteiger partial charge on any atom is 0.243 e. The Hall–Kier alpha value is -1.26. The van der Waals surface area contributed by atoms with Gasteiger partial charge in [-0.3, -0.25) is 0 Å². The highest BCUT2D eigenvalue weighted by molar-refractivity contribution is 5.29. The monoisotopic (exact) mass is 181 g/mol. The topological polar surface area (TPSA) is 79.6 Å². The Labute approximate surface area is 77.1 Å². The second-order valence-electron chi connectivity index (χ2n) is 3.58. The summed E-state index contributed by atoms with van der Waals surface area (Å²) in [7, 11) is 0. The number of hydrogen-bond acceptors (Lipinski definition) is 4. The first-order chi connectivity index (χ1) is 6.34. The standard InChI is InChI=1S/C8H15N5/c9-7-11-8(13-12-7)10-5-6-3-1-2-4-6/h6H,1-5H2,(H4,9,10,11,12,13). The van der Waals surface area contributed by atoms with Crippen molar-refractivity contribution in [2.75, 3.05) is 17.6 Å². The van der Waals surface area contributed by atoms with Gasteiger partial charge in [0.2, 0.25) is 11.9 Å². The van der Waals surface area contributed by atoms with Crippen molar-refractivity contribution in [2.24, 2.45) is 5.92 Å². The van der Waals surface area contributed by atoms with Crippen molar-refractivity contribution in [3.8, 4) is 0 Å². The van der Waals surface area contributed by atoms with Crippen LogP contribution in [0.1, 0.15) is 25.7 Å². The Morgan fingerprint density at radius 3 is 2.85 bits per heavy atom. The highest BCUT2D eigenvalue weighted by Crippen LogP contribution is 2.24. The minimum Gasteiger partial charge on any atom is -0.368 e. The van der Waals surface area contributed by atoms with Crippen molar-refractivity contribution >= 4 is 11.9 Å². The predicted octanol–water partition coefficient (Wildman–Crippen LogP) is 0.989. The van der Waals surface area contributed by atoms with Crippen LogP contribution in [0.3, 0.4) is 0 Å². The summed E-state index contributed by atoms with van der Waals surface area (Å²) in [6, 6.07) is 0. The third-order valence-corrected chi connectivity index (χ3v) is 2.53. The van der Waals surface area contributed by atoms with Gasteiger partial charge in [-0.15, -0.1) is 5.10 Å². The molecule has 1 aliphatic carbocycles. The van der Waals surface area contributed by atoms with E-state index in [1.165, 1.54) is 25.7 Å². The molecule has 72 valence electrons. The molecular weight excluding hydrogens is 166 g/mol. The van der Waals surface area contributed by atoms with Gasteiger partial charge in [-0.25, -0.2) is 5.10 Å². The number of anilines is 2. The van der Waals surface area contributed by atoms with Crippen LogP contribution in [-0.4, -0.2) is 21.7 Å². The first-order valence-electron chi connectivity index (χ1n) is 4.76. The molecule has 0 saturated heterocycles. The van der Waals surface area contributed by atoms with E-state index in [4.69, 9.17) is 5.73 Å². The Kier molecular flexibility index (Phi) is 2.33. The van der Waals surface area contributed by atoms with Crippen molar-refractivity contribution in [2.45, 2.75) is 25.7 Å². The second kappa shape index (κ2) is 3.64. The molecule has 0 aromatic carbocycles. The van der Waals surface area contributed by atoms with Gasteiger partial charge in [0, 0.05) is 6.54 Å². The molecule has 0 amide bonds. The summed E-state index contributed by atoms with van der Waals surface area (Å²) in [4.78, 5) is 3.97. The third-order valence-electron chi connectivity index (χ3n) is 2.53. The number of nitrogens with one attached hydrogen (secondary N) is 2. The third kappa shape index (κ3) is 2.11. The quantitative estimate of drug-likeness (QED) is 0.649. The lowest BCUT2D eigenvalue weighted by Crippen LogP contribution is -2.11. The number of hydrogen-bond donors (Lipinski definition) is 3. The molecule has 5 heteroatoms. The van der Waals surface area contributed by atoms with Crippen LogP contribution in [-0.2, 0) is 0 Å². The molecular formula is C8H15N5. The lowest BCUT2D eigenvalue weighted by Gasteiger charge is -2.07. The molecule has 0 spiro atoms. The summed E-state index contributed by atoms with van der Waals surface area (Å²) in [6.07, 6.45) is 5.38. The first kappa shape index (κ1) is 8.34. The van der Waals surface area contributed by atoms with E-state index in [-0.39, 0.29) is 0 Å². The average molecular weight is 181 g/mol.